The molecule has 0 unspecified atom stereocenters. The lowest BCUT2D eigenvalue weighted by Gasteiger charge is -2.20. The Morgan fingerprint density at radius 3 is 2.60 bits per heavy atom. The first kappa shape index (κ1) is 23.8. The molecular weight excluding hydrogens is 397 g/mol. The number of hydrogen-bond donors (Lipinski definition) is 2. The number of halogens is 3. The zero-order valence-electron chi connectivity index (χ0n) is 17.8. The van der Waals surface area contributed by atoms with Gasteiger partial charge in [-0.1, -0.05) is 12.1 Å². The molecule has 1 saturated carbocycles. The quantitative estimate of drug-likeness (QED) is 0.492. The number of carbonyl (C=O) groups excluding carboxylic acids is 1. The van der Waals surface area contributed by atoms with Gasteiger partial charge in [-0.25, -0.2) is 4.99 Å². The van der Waals surface area contributed by atoms with E-state index < -0.39 is 18.6 Å². The molecule has 0 saturated heterocycles. The SMILES string of the molecule is CCNC(=NCc1ccc(C)cc1OC1CCCC1)NCC(=O)N(C)CC(F)(F)F. The topological polar surface area (TPSA) is 66.0 Å². The van der Waals surface area contributed by atoms with Crippen molar-refractivity contribution < 1.29 is 22.7 Å². The minimum absolute atomic E-state index is 0.225. The fraction of sp³-hybridized carbons (Fsp3) is 0.619. The van der Waals surface area contributed by atoms with E-state index >= 15 is 0 Å². The number of likely N-dealkylation sites (N-methyl/N-ethyl adjacent to an activating group) is 1. The molecule has 2 N–H and O–H groups in total. The lowest BCUT2D eigenvalue weighted by molar-refractivity contribution is -0.157. The molecule has 2 rings (SSSR count). The second-order valence-electron chi connectivity index (χ2n) is 7.55. The van der Waals surface area contributed by atoms with Crippen molar-refractivity contribution in [2.45, 2.75) is 58.4 Å². The Morgan fingerprint density at radius 1 is 1.27 bits per heavy atom. The number of alkyl halides is 3. The molecule has 30 heavy (non-hydrogen) atoms. The first-order chi connectivity index (χ1) is 14.2. The molecule has 1 aromatic rings. The number of rotatable bonds is 8. The molecule has 1 aromatic carbocycles. The summed E-state index contributed by atoms with van der Waals surface area (Å²) in [7, 11) is 1.13. The van der Waals surface area contributed by atoms with Crippen molar-refractivity contribution in [2.75, 3.05) is 26.7 Å². The number of aryl methyl sites for hydroxylation is 1. The number of guanidine groups is 1. The fourth-order valence-electron chi connectivity index (χ4n) is 3.25. The normalized spacial score (nSPS) is 15.2. The van der Waals surface area contributed by atoms with E-state index in [1.807, 2.05) is 32.0 Å². The van der Waals surface area contributed by atoms with Gasteiger partial charge in [0, 0.05) is 19.2 Å². The summed E-state index contributed by atoms with van der Waals surface area (Å²) in [6.07, 6.45) is 0.250. The molecule has 1 aliphatic carbocycles. The first-order valence-corrected chi connectivity index (χ1v) is 10.3. The summed E-state index contributed by atoms with van der Waals surface area (Å²) < 4.78 is 43.5. The van der Waals surface area contributed by atoms with Crippen molar-refractivity contribution >= 4 is 11.9 Å². The number of hydrogen-bond acceptors (Lipinski definition) is 3. The molecule has 1 fully saturated rings. The van der Waals surface area contributed by atoms with Crippen molar-refractivity contribution in [3.8, 4) is 5.75 Å². The van der Waals surface area contributed by atoms with Crippen LogP contribution in [-0.4, -0.2) is 55.7 Å². The Hall–Kier alpha value is -2.45. The molecule has 1 amide bonds. The van der Waals surface area contributed by atoms with Crippen molar-refractivity contribution in [1.29, 1.82) is 0 Å². The number of aliphatic imine (C=N–C) groups is 1. The van der Waals surface area contributed by atoms with Crippen molar-refractivity contribution in [3.05, 3.63) is 29.3 Å². The van der Waals surface area contributed by atoms with Crippen molar-refractivity contribution in [3.63, 3.8) is 0 Å². The van der Waals surface area contributed by atoms with Gasteiger partial charge in [-0.15, -0.1) is 0 Å². The van der Waals surface area contributed by atoms with Crippen LogP contribution < -0.4 is 15.4 Å². The van der Waals surface area contributed by atoms with Gasteiger partial charge in [0.05, 0.1) is 19.2 Å². The standard InChI is InChI=1S/C21H31F3N4O2/c1-4-25-20(27-13-19(29)28(3)14-21(22,23)24)26-12-16-10-9-15(2)11-18(16)30-17-7-5-6-8-17/h9-11,17H,4-8,12-14H2,1-3H3,(H2,25,26,27). The molecule has 0 atom stereocenters. The van der Waals surface area contributed by atoms with Crippen molar-refractivity contribution in [1.82, 2.24) is 15.5 Å². The number of nitrogens with zero attached hydrogens (tertiary/aromatic N) is 2. The third kappa shape index (κ3) is 8.12. The minimum Gasteiger partial charge on any atom is -0.490 e. The maximum atomic E-state index is 12.4. The molecule has 0 heterocycles. The third-order valence-electron chi connectivity index (χ3n) is 4.82. The third-order valence-corrected chi connectivity index (χ3v) is 4.82. The van der Waals surface area contributed by atoms with Gasteiger partial charge in [-0.3, -0.25) is 4.79 Å². The van der Waals surface area contributed by atoms with E-state index in [-0.39, 0.29) is 12.6 Å². The number of ether oxygens (including phenoxy) is 1. The molecule has 1 aliphatic rings. The zero-order chi connectivity index (χ0) is 22.1. The Kier molecular flexibility index (Phi) is 8.80. The summed E-state index contributed by atoms with van der Waals surface area (Å²) in [4.78, 5) is 17.1. The van der Waals surface area contributed by atoms with Gasteiger partial charge in [-0.05, 0) is 51.2 Å². The van der Waals surface area contributed by atoms with Crippen LogP contribution in [0, 0.1) is 6.92 Å². The van der Waals surface area contributed by atoms with E-state index in [9.17, 15) is 18.0 Å². The molecular formula is C21H31F3N4O2. The maximum Gasteiger partial charge on any atom is 0.406 e. The van der Waals surface area contributed by atoms with Crippen LogP contribution in [-0.2, 0) is 11.3 Å². The lowest BCUT2D eigenvalue weighted by Crippen LogP contribution is -2.45. The highest BCUT2D eigenvalue weighted by atomic mass is 19.4. The van der Waals surface area contributed by atoms with Crippen molar-refractivity contribution in [2.24, 2.45) is 4.99 Å². The number of carbonyl (C=O) groups is 1. The molecule has 6 nitrogen and oxygen atoms in total. The smallest absolute Gasteiger partial charge is 0.406 e. The Labute approximate surface area is 175 Å². The van der Waals surface area contributed by atoms with Crippen LogP contribution in [0.15, 0.2) is 23.2 Å². The Morgan fingerprint density at radius 2 is 1.97 bits per heavy atom. The van der Waals surface area contributed by atoms with Crippen LogP contribution in [0.5, 0.6) is 5.75 Å². The van der Waals surface area contributed by atoms with Crippen LogP contribution in [0.2, 0.25) is 0 Å². The Bertz CT molecular complexity index is 731. The van der Waals surface area contributed by atoms with Crippen LogP contribution in [0.4, 0.5) is 13.2 Å². The van der Waals surface area contributed by atoms with E-state index in [1.54, 1.807) is 0 Å². The first-order valence-electron chi connectivity index (χ1n) is 10.3. The second kappa shape index (κ2) is 11.1. The highest BCUT2D eigenvalue weighted by molar-refractivity contribution is 5.86. The van der Waals surface area contributed by atoms with Gasteiger partial charge in [0.1, 0.15) is 12.3 Å². The number of nitrogens with one attached hydrogen (secondary N) is 2. The molecule has 9 heteroatoms. The minimum atomic E-state index is -4.43. The van der Waals surface area contributed by atoms with E-state index in [2.05, 4.69) is 15.6 Å². The summed E-state index contributed by atoms with van der Waals surface area (Å²) in [6.45, 7) is 3.19. The Balaban J connectivity index is 2.01. The van der Waals surface area contributed by atoms with E-state index in [0.717, 1.165) is 36.8 Å². The van der Waals surface area contributed by atoms with Gasteiger partial charge >= 0.3 is 6.18 Å². The lowest BCUT2D eigenvalue weighted by atomic mass is 10.1. The summed E-state index contributed by atoms with van der Waals surface area (Å²) in [5, 5.41) is 5.81. The monoisotopic (exact) mass is 428 g/mol. The predicted octanol–water partition coefficient (Wildman–Crippen LogP) is 3.39. The molecule has 0 spiro atoms. The van der Waals surface area contributed by atoms with Crippen LogP contribution in [0.25, 0.3) is 0 Å². The summed E-state index contributed by atoms with van der Waals surface area (Å²) in [5.74, 6) is 0.500. The largest absolute Gasteiger partial charge is 0.490 e. The van der Waals surface area contributed by atoms with Gasteiger partial charge < -0.3 is 20.3 Å². The average Bonchev–Trinajstić information content (AvgIpc) is 3.16. The summed E-state index contributed by atoms with van der Waals surface area (Å²) >= 11 is 0. The van der Waals surface area contributed by atoms with E-state index in [0.29, 0.717) is 23.9 Å². The van der Waals surface area contributed by atoms with Crippen LogP contribution in [0.1, 0.15) is 43.7 Å². The number of benzene rings is 1. The van der Waals surface area contributed by atoms with Gasteiger partial charge in [0.15, 0.2) is 5.96 Å². The summed E-state index contributed by atoms with van der Waals surface area (Å²) in [5.41, 5.74) is 2.02. The van der Waals surface area contributed by atoms with Gasteiger partial charge in [0.2, 0.25) is 5.91 Å². The maximum absolute atomic E-state index is 12.4. The van der Waals surface area contributed by atoms with E-state index in [1.165, 1.54) is 12.8 Å². The van der Waals surface area contributed by atoms with E-state index in [4.69, 9.17) is 4.74 Å². The molecule has 168 valence electrons. The summed E-state index contributed by atoms with van der Waals surface area (Å²) in [6, 6.07) is 5.95. The molecule has 0 aliphatic heterocycles. The molecule has 0 bridgehead atoms. The molecule has 0 aromatic heterocycles. The van der Waals surface area contributed by atoms with Gasteiger partial charge in [-0.2, -0.15) is 13.2 Å². The van der Waals surface area contributed by atoms with Gasteiger partial charge in [0.25, 0.3) is 0 Å². The second-order valence-corrected chi connectivity index (χ2v) is 7.55. The highest BCUT2D eigenvalue weighted by Gasteiger charge is 2.31. The van der Waals surface area contributed by atoms with Crippen LogP contribution in [0.3, 0.4) is 0 Å². The van der Waals surface area contributed by atoms with Crippen LogP contribution >= 0.6 is 0 Å². The average molecular weight is 428 g/mol. The highest BCUT2D eigenvalue weighted by Crippen LogP contribution is 2.28. The fourth-order valence-corrected chi connectivity index (χ4v) is 3.25. The molecule has 0 radical (unpaired) electrons. The predicted molar refractivity (Wildman–Crippen MR) is 111 cm³/mol. The zero-order valence-corrected chi connectivity index (χ0v) is 17.8. The number of amides is 1.